The number of hydrogen-bond donors (Lipinski definition) is 2. The number of nitrogens with one attached hydrogen (secondary N) is 2. The Balaban J connectivity index is 2.19. The van der Waals surface area contributed by atoms with E-state index < -0.39 is 5.91 Å². The minimum Gasteiger partial charge on any atom is -0.495 e. The fraction of sp³-hybridized carbons (Fsp3) is 0.211. The summed E-state index contributed by atoms with van der Waals surface area (Å²) < 4.78 is 5.20. The van der Waals surface area contributed by atoms with Gasteiger partial charge in [-0.2, -0.15) is 0 Å². The molecule has 0 heterocycles. The van der Waals surface area contributed by atoms with Crippen LogP contribution in [0, 0.1) is 0 Å². The number of amides is 3. The van der Waals surface area contributed by atoms with Crippen molar-refractivity contribution in [3.8, 4) is 5.75 Å². The molecule has 0 aliphatic carbocycles. The fourth-order valence-corrected chi connectivity index (χ4v) is 2.62. The first-order valence-electron chi connectivity index (χ1n) is 8.09. The van der Waals surface area contributed by atoms with Crippen molar-refractivity contribution in [2.75, 3.05) is 29.2 Å². The van der Waals surface area contributed by atoms with Crippen molar-refractivity contribution in [2.24, 2.45) is 0 Å². The first-order valence-corrected chi connectivity index (χ1v) is 8.47. The molecular weight excluding hydrogens is 370 g/mol. The van der Waals surface area contributed by atoms with Gasteiger partial charge in [0.05, 0.1) is 12.8 Å². The van der Waals surface area contributed by atoms with Gasteiger partial charge in [-0.05, 0) is 36.4 Å². The predicted molar refractivity (Wildman–Crippen MR) is 105 cm³/mol. The molecule has 2 aromatic carbocycles. The maximum atomic E-state index is 12.5. The maximum absolute atomic E-state index is 12.5. The largest absolute Gasteiger partial charge is 0.495 e. The Kier molecular flexibility index (Phi) is 6.79. The van der Waals surface area contributed by atoms with E-state index in [4.69, 9.17) is 16.3 Å². The lowest BCUT2D eigenvalue weighted by molar-refractivity contribution is -0.120. The van der Waals surface area contributed by atoms with Gasteiger partial charge in [0.1, 0.15) is 12.3 Å². The van der Waals surface area contributed by atoms with Gasteiger partial charge < -0.3 is 20.3 Å². The number of carbonyl (C=O) groups excluding carboxylic acids is 3. The third-order valence-corrected chi connectivity index (χ3v) is 3.83. The molecule has 0 spiro atoms. The molecule has 2 rings (SSSR count). The van der Waals surface area contributed by atoms with E-state index in [1.165, 1.54) is 25.9 Å². The quantitative estimate of drug-likeness (QED) is 0.793. The number of methoxy groups -OCH3 is 1. The van der Waals surface area contributed by atoms with Crippen LogP contribution < -0.4 is 20.3 Å². The Morgan fingerprint density at radius 2 is 1.81 bits per heavy atom. The lowest BCUT2D eigenvalue weighted by atomic mass is 10.2. The summed E-state index contributed by atoms with van der Waals surface area (Å²) in [5, 5.41) is 5.78. The third kappa shape index (κ3) is 5.72. The van der Waals surface area contributed by atoms with Gasteiger partial charge in [0, 0.05) is 30.2 Å². The first kappa shape index (κ1) is 20.3. The minimum absolute atomic E-state index is 0.214. The van der Waals surface area contributed by atoms with Crippen molar-refractivity contribution >= 4 is 46.4 Å². The van der Waals surface area contributed by atoms with Crippen molar-refractivity contribution in [2.45, 2.75) is 13.8 Å². The molecule has 2 N–H and O–H groups in total. The number of ether oxygens (including phenoxy) is 1. The molecule has 0 bridgehead atoms. The molecule has 0 radical (unpaired) electrons. The van der Waals surface area contributed by atoms with Gasteiger partial charge in [-0.1, -0.05) is 17.7 Å². The molecule has 0 unspecified atom stereocenters. The van der Waals surface area contributed by atoms with Crippen LogP contribution in [0.5, 0.6) is 5.75 Å². The molecule has 0 atom stereocenters. The van der Waals surface area contributed by atoms with Crippen LogP contribution in [0.3, 0.4) is 0 Å². The van der Waals surface area contributed by atoms with Gasteiger partial charge in [0.2, 0.25) is 17.7 Å². The second kappa shape index (κ2) is 9.05. The number of benzene rings is 2. The fourth-order valence-electron chi connectivity index (χ4n) is 2.45. The number of hydrogen-bond acceptors (Lipinski definition) is 4. The molecule has 0 aromatic heterocycles. The molecule has 3 amide bonds. The molecule has 0 fully saturated rings. The zero-order valence-corrected chi connectivity index (χ0v) is 16.0. The lowest BCUT2D eigenvalue weighted by Gasteiger charge is -2.21. The summed E-state index contributed by atoms with van der Waals surface area (Å²) in [4.78, 5) is 37.0. The van der Waals surface area contributed by atoms with E-state index in [1.807, 2.05) is 0 Å². The average Bonchev–Trinajstić information content (AvgIpc) is 2.59. The normalized spacial score (nSPS) is 10.1. The van der Waals surface area contributed by atoms with Crippen LogP contribution in [0.1, 0.15) is 13.8 Å². The van der Waals surface area contributed by atoms with E-state index in [0.717, 1.165) is 0 Å². The van der Waals surface area contributed by atoms with E-state index in [2.05, 4.69) is 10.6 Å². The van der Waals surface area contributed by atoms with Crippen molar-refractivity contribution in [3.63, 3.8) is 0 Å². The van der Waals surface area contributed by atoms with E-state index in [1.54, 1.807) is 42.5 Å². The summed E-state index contributed by atoms with van der Waals surface area (Å²) in [7, 11) is 1.48. The van der Waals surface area contributed by atoms with Gasteiger partial charge in [0.25, 0.3) is 0 Å². The van der Waals surface area contributed by atoms with Crippen molar-refractivity contribution < 1.29 is 19.1 Å². The van der Waals surface area contributed by atoms with Gasteiger partial charge in [-0.3, -0.25) is 14.4 Å². The number of rotatable bonds is 6. The van der Waals surface area contributed by atoms with Crippen LogP contribution in [-0.2, 0) is 14.4 Å². The standard InChI is InChI=1S/C19H20ClN3O4/c1-12(24)21-15-5-4-6-16(10-15)23(13(2)25)11-19(26)22-17-9-14(20)7-8-18(17)27-3/h4-10H,11H2,1-3H3,(H,21,24)(H,22,26). The van der Waals surface area contributed by atoms with Gasteiger partial charge >= 0.3 is 0 Å². The van der Waals surface area contributed by atoms with Crippen molar-refractivity contribution in [3.05, 3.63) is 47.5 Å². The molecular formula is C19H20ClN3O4. The summed E-state index contributed by atoms with van der Waals surface area (Å²) >= 11 is 5.96. The zero-order chi connectivity index (χ0) is 20.0. The van der Waals surface area contributed by atoms with Crippen LogP contribution in [0.2, 0.25) is 5.02 Å². The van der Waals surface area contributed by atoms with Gasteiger partial charge in [-0.15, -0.1) is 0 Å². The molecule has 8 heteroatoms. The van der Waals surface area contributed by atoms with Crippen LogP contribution in [0.4, 0.5) is 17.1 Å². The van der Waals surface area contributed by atoms with Crippen molar-refractivity contribution in [1.82, 2.24) is 0 Å². The molecule has 142 valence electrons. The van der Waals surface area contributed by atoms with E-state index >= 15 is 0 Å². The Morgan fingerprint density at radius 1 is 1.07 bits per heavy atom. The highest BCUT2D eigenvalue weighted by Crippen LogP contribution is 2.28. The number of nitrogens with zero attached hydrogens (tertiary/aromatic N) is 1. The minimum atomic E-state index is -0.421. The highest BCUT2D eigenvalue weighted by Gasteiger charge is 2.17. The van der Waals surface area contributed by atoms with E-state index in [0.29, 0.717) is 27.8 Å². The van der Waals surface area contributed by atoms with Crippen LogP contribution >= 0.6 is 11.6 Å². The topological polar surface area (TPSA) is 87.7 Å². The number of carbonyl (C=O) groups is 3. The van der Waals surface area contributed by atoms with Gasteiger partial charge in [-0.25, -0.2) is 0 Å². The Hall–Kier alpha value is -3.06. The highest BCUT2D eigenvalue weighted by atomic mass is 35.5. The Morgan fingerprint density at radius 3 is 2.44 bits per heavy atom. The molecule has 0 aliphatic heterocycles. The highest BCUT2D eigenvalue weighted by molar-refractivity contribution is 6.31. The summed E-state index contributed by atoms with van der Waals surface area (Å²) in [5.41, 5.74) is 1.43. The third-order valence-electron chi connectivity index (χ3n) is 3.60. The Labute approximate surface area is 162 Å². The van der Waals surface area contributed by atoms with Gasteiger partial charge in [0.15, 0.2) is 0 Å². The monoisotopic (exact) mass is 389 g/mol. The SMILES string of the molecule is COc1ccc(Cl)cc1NC(=O)CN(C(C)=O)c1cccc(NC(C)=O)c1. The molecule has 0 saturated carbocycles. The molecule has 0 aliphatic rings. The summed E-state index contributed by atoms with van der Waals surface area (Å²) in [6.07, 6.45) is 0. The lowest BCUT2D eigenvalue weighted by Crippen LogP contribution is -2.36. The predicted octanol–water partition coefficient (Wildman–Crippen LogP) is 3.30. The number of halogens is 1. The molecule has 27 heavy (non-hydrogen) atoms. The second-order valence-electron chi connectivity index (χ2n) is 5.73. The van der Waals surface area contributed by atoms with Crippen LogP contribution in [0.15, 0.2) is 42.5 Å². The molecule has 0 saturated heterocycles. The smallest absolute Gasteiger partial charge is 0.244 e. The summed E-state index contributed by atoms with van der Waals surface area (Å²) in [6, 6.07) is 11.5. The maximum Gasteiger partial charge on any atom is 0.244 e. The zero-order valence-electron chi connectivity index (χ0n) is 15.2. The summed E-state index contributed by atoms with van der Waals surface area (Å²) in [5.74, 6) is -0.513. The second-order valence-corrected chi connectivity index (χ2v) is 6.17. The number of anilines is 3. The molecule has 7 nitrogen and oxygen atoms in total. The van der Waals surface area contributed by atoms with Crippen LogP contribution in [-0.4, -0.2) is 31.4 Å². The van der Waals surface area contributed by atoms with E-state index in [-0.39, 0.29) is 18.4 Å². The van der Waals surface area contributed by atoms with Crippen LogP contribution in [0.25, 0.3) is 0 Å². The average molecular weight is 390 g/mol. The Bertz CT molecular complexity index is 870. The summed E-state index contributed by atoms with van der Waals surface area (Å²) in [6.45, 7) is 2.54. The van der Waals surface area contributed by atoms with Crippen molar-refractivity contribution in [1.29, 1.82) is 0 Å². The molecule has 2 aromatic rings. The first-order chi connectivity index (χ1) is 12.8. The van der Waals surface area contributed by atoms with E-state index in [9.17, 15) is 14.4 Å².